The summed E-state index contributed by atoms with van der Waals surface area (Å²) in [6.45, 7) is 3.05. The summed E-state index contributed by atoms with van der Waals surface area (Å²) in [7, 11) is -4.11. The average Bonchev–Trinajstić information content (AvgIpc) is 2.96. The predicted molar refractivity (Wildman–Crippen MR) is 100 cm³/mol. The van der Waals surface area contributed by atoms with Gasteiger partial charge in [0.15, 0.2) is 0 Å². The molecule has 0 saturated carbocycles. The summed E-state index contributed by atoms with van der Waals surface area (Å²) < 4.78 is 28.6. The number of fused-ring (bicyclic) bond motifs is 1. The minimum absolute atomic E-state index is 0.0341. The molecular weight excluding hydrogens is 392 g/mol. The number of rotatable bonds is 5. The number of amides is 2. The van der Waals surface area contributed by atoms with E-state index in [1.807, 2.05) is 0 Å². The number of hydrazone groups is 1. The van der Waals surface area contributed by atoms with Crippen LogP contribution in [-0.2, 0) is 19.6 Å². The van der Waals surface area contributed by atoms with Gasteiger partial charge in [0.05, 0.1) is 27.6 Å². The van der Waals surface area contributed by atoms with Gasteiger partial charge >= 0.3 is 0 Å². The molecule has 142 valence electrons. The molecule has 2 atom stereocenters. The number of hydrogen-bond donors (Lipinski definition) is 3. The number of sulfonamides is 1. The van der Waals surface area contributed by atoms with E-state index in [4.69, 9.17) is 17.3 Å². The van der Waals surface area contributed by atoms with Crippen molar-refractivity contribution >= 4 is 39.2 Å². The maximum absolute atomic E-state index is 13.1. The summed E-state index contributed by atoms with van der Waals surface area (Å²) in [6, 6.07) is 4.49. The van der Waals surface area contributed by atoms with Crippen LogP contribution in [0, 0.1) is 12.8 Å². The number of nitrogens with two attached hydrogens (primary N) is 1. The molecule has 27 heavy (non-hydrogen) atoms. The number of carbonyl (C=O) groups is 2. The molecule has 1 aliphatic heterocycles. The van der Waals surface area contributed by atoms with Crippen LogP contribution in [0.4, 0.5) is 0 Å². The molecule has 8 nitrogen and oxygen atoms in total. The molecular formula is C17H17ClN4O4S. The first-order valence-electron chi connectivity index (χ1n) is 7.96. The highest BCUT2D eigenvalue weighted by Crippen LogP contribution is 2.32. The smallest absolute Gasteiger partial charge is 0.273 e. The number of halogens is 1. The maximum Gasteiger partial charge on any atom is 0.273 e. The summed E-state index contributed by atoms with van der Waals surface area (Å²) in [5.74, 6) is -2.21. The summed E-state index contributed by atoms with van der Waals surface area (Å²) >= 11 is 6.04. The number of nitrogens with one attached hydrogen (secondary N) is 2. The molecule has 0 bridgehead atoms. The van der Waals surface area contributed by atoms with Crippen molar-refractivity contribution in [2.24, 2.45) is 16.8 Å². The Morgan fingerprint density at radius 2 is 2.11 bits per heavy atom. The van der Waals surface area contributed by atoms with Crippen LogP contribution >= 0.6 is 11.6 Å². The molecule has 0 saturated heterocycles. The Labute approximate surface area is 161 Å². The van der Waals surface area contributed by atoms with Crippen molar-refractivity contribution < 1.29 is 18.0 Å². The van der Waals surface area contributed by atoms with E-state index in [0.29, 0.717) is 11.3 Å². The number of carbonyl (C=O) groups excluding carboxylic acids is 2. The van der Waals surface area contributed by atoms with Gasteiger partial charge in [0.25, 0.3) is 5.91 Å². The molecule has 4 N–H and O–H groups in total. The van der Waals surface area contributed by atoms with Crippen molar-refractivity contribution in [1.29, 1.82) is 0 Å². The van der Waals surface area contributed by atoms with Gasteiger partial charge in [0.1, 0.15) is 0 Å². The third kappa shape index (κ3) is 3.29. The summed E-state index contributed by atoms with van der Waals surface area (Å²) in [5.41, 5.74) is 7.09. The maximum atomic E-state index is 13.1. The highest BCUT2D eigenvalue weighted by molar-refractivity contribution is 7.89. The standard InChI is InChI=1S/C17H17ClN4O4S/c1-9-12(18)4-3-5-14(9)27(25,26)22-17(10(2)15(19)23)7-6-13-11(8-17)16(24)21-20-13/h3-8,10,22H,1-2H3,(H2,19,23)(H,21,24). The zero-order valence-corrected chi connectivity index (χ0v) is 16.1. The van der Waals surface area contributed by atoms with Gasteiger partial charge in [-0.1, -0.05) is 30.7 Å². The van der Waals surface area contributed by atoms with Gasteiger partial charge in [-0.15, -0.1) is 0 Å². The minimum Gasteiger partial charge on any atom is -0.369 e. The second-order valence-corrected chi connectivity index (χ2v) is 8.41. The molecule has 1 heterocycles. The van der Waals surface area contributed by atoms with Crippen LogP contribution in [-0.4, -0.2) is 31.5 Å². The quantitative estimate of drug-likeness (QED) is 0.664. The Kier molecular flexibility index (Phi) is 4.71. The van der Waals surface area contributed by atoms with Gasteiger partial charge in [-0.2, -0.15) is 9.82 Å². The van der Waals surface area contributed by atoms with Crippen molar-refractivity contribution in [3.05, 3.63) is 52.6 Å². The monoisotopic (exact) mass is 408 g/mol. The lowest BCUT2D eigenvalue weighted by atomic mass is 9.79. The Balaban J connectivity index is 2.13. The van der Waals surface area contributed by atoms with Crippen molar-refractivity contribution in [2.45, 2.75) is 24.3 Å². The third-order valence-electron chi connectivity index (χ3n) is 4.66. The molecule has 0 spiro atoms. The molecule has 1 aromatic rings. The zero-order valence-electron chi connectivity index (χ0n) is 14.5. The average molecular weight is 409 g/mol. The number of nitrogens with zero attached hydrogens (tertiary/aromatic N) is 1. The molecule has 2 amide bonds. The lowest BCUT2D eigenvalue weighted by Crippen LogP contribution is -2.55. The van der Waals surface area contributed by atoms with Crippen molar-refractivity contribution in [3.63, 3.8) is 0 Å². The highest BCUT2D eigenvalue weighted by atomic mass is 35.5. The zero-order chi connectivity index (χ0) is 20.0. The van der Waals surface area contributed by atoms with E-state index in [0.717, 1.165) is 0 Å². The molecule has 1 aromatic carbocycles. The van der Waals surface area contributed by atoms with E-state index in [2.05, 4.69) is 15.2 Å². The van der Waals surface area contributed by atoms with Gasteiger partial charge < -0.3 is 5.73 Å². The van der Waals surface area contributed by atoms with E-state index in [9.17, 15) is 18.0 Å². The van der Waals surface area contributed by atoms with Crippen LogP contribution < -0.4 is 15.9 Å². The Morgan fingerprint density at radius 3 is 2.78 bits per heavy atom. The summed E-state index contributed by atoms with van der Waals surface area (Å²) in [4.78, 5) is 23.8. The van der Waals surface area contributed by atoms with E-state index >= 15 is 0 Å². The third-order valence-corrected chi connectivity index (χ3v) is 6.71. The first-order chi connectivity index (χ1) is 12.6. The van der Waals surface area contributed by atoms with E-state index in [1.54, 1.807) is 13.0 Å². The lowest BCUT2D eigenvalue weighted by molar-refractivity contribution is -0.122. The molecule has 0 fully saturated rings. The van der Waals surface area contributed by atoms with Crippen LogP contribution in [0.15, 0.2) is 52.0 Å². The van der Waals surface area contributed by atoms with E-state index < -0.39 is 33.3 Å². The number of benzene rings is 1. The first-order valence-corrected chi connectivity index (χ1v) is 9.82. The second-order valence-electron chi connectivity index (χ2n) is 6.35. The van der Waals surface area contributed by atoms with Crippen molar-refractivity contribution in [2.75, 3.05) is 0 Å². The molecule has 2 unspecified atom stereocenters. The minimum atomic E-state index is -4.11. The second kappa shape index (κ2) is 6.59. The summed E-state index contributed by atoms with van der Waals surface area (Å²) in [6.07, 6.45) is 4.30. The fourth-order valence-corrected chi connectivity index (χ4v) is 4.82. The molecule has 0 aromatic heterocycles. The van der Waals surface area contributed by atoms with Gasteiger partial charge in [-0.25, -0.2) is 13.8 Å². The van der Waals surface area contributed by atoms with Crippen LogP contribution in [0.5, 0.6) is 0 Å². The molecule has 2 aliphatic rings. The van der Waals surface area contributed by atoms with Crippen LogP contribution in [0.3, 0.4) is 0 Å². The van der Waals surface area contributed by atoms with Gasteiger partial charge in [0, 0.05) is 5.02 Å². The topological polar surface area (TPSA) is 131 Å². The normalized spacial score (nSPS) is 22.6. The molecule has 0 radical (unpaired) electrons. The van der Waals surface area contributed by atoms with Crippen molar-refractivity contribution in [1.82, 2.24) is 10.1 Å². The van der Waals surface area contributed by atoms with Crippen LogP contribution in [0.2, 0.25) is 5.02 Å². The van der Waals surface area contributed by atoms with Crippen LogP contribution in [0.25, 0.3) is 0 Å². The van der Waals surface area contributed by atoms with E-state index in [-0.39, 0.29) is 15.5 Å². The predicted octanol–water partition coefficient (Wildman–Crippen LogP) is 0.769. The van der Waals surface area contributed by atoms with Gasteiger partial charge in [-0.3, -0.25) is 9.59 Å². The highest BCUT2D eigenvalue weighted by Gasteiger charge is 2.43. The van der Waals surface area contributed by atoms with Crippen LogP contribution in [0.1, 0.15) is 12.5 Å². The Morgan fingerprint density at radius 1 is 1.41 bits per heavy atom. The molecule has 10 heteroatoms. The van der Waals surface area contributed by atoms with Crippen molar-refractivity contribution in [3.8, 4) is 0 Å². The van der Waals surface area contributed by atoms with Gasteiger partial charge in [-0.05, 0) is 36.8 Å². The summed E-state index contributed by atoms with van der Waals surface area (Å²) in [5, 5.41) is 4.13. The number of primary amides is 1. The molecule has 1 aliphatic carbocycles. The number of hydrogen-bond acceptors (Lipinski definition) is 5. The Bertz CT molecular complexity index is 1050. The Hall–Kier alpha value is -2.49. The SMILES string of the molecule is Cc1c(Cl)cccc1S(=O)(=O)NC1(C(C)C(N)=O)C=CC2=NNC(=O)C2=C1. The largest absolute Gasteiger partial charge is 0.369 e. The fraction of sp³-hybridized carbons (Fsp3) is 0.235. The fourth-order valence-electron chi connectivity index (χ4n) is 2.94. The number of allylic oxidation sites excluding steroid dienone is 1. The first kappa shape index (κ1) is 19.3. The molecule has 3 rings (SSSR count). The lowest BCUT2D eigenvalue weighted by Gasteiger charge is -2.35. The van der Waals surface area contributed by atoms with Gasteiger partial charge in [0.2, 0.25) is 15.9 Å². The van der Waals surface area contributed by atoms with E-state index in [1.165, 1.54) is 37.3 Å².